The van der Waals surface area contributed by atoms with Gasteiger partial charge in [-0.2, -0.15) is 0 Å². The number of aliphatic carboxylic acids is 1. The minimum atomic E-state index is -0.747. The van der Waals surface area contributed by atoms with Crippen molar-refractivity contribution < 1.29 is 14.6 Å². The number of carboxylic acids is 1. The van der Waals surface area contributed by atoms with E-state index in [0.717, 1.165) is 19.4 Å². The first-order valence-electron chi connectivity index (χ1n) is 4.69. The second-order valence-electron chi connectivity index (χ2n) is 3.47. The zero-order chi connectivity index (χ0) is 9.68. The van der Waals surface area contributed by atoms with Crippen LogP contribution in [0.3, 0.4) is 0 Å². The van der Waals surface area contributed by atoms with Gasteiger partial charge >= 0.3 is 5.97 Å². The van der Waals surface area contributed by atoms with Crippen molar-refractivity contribution in [1.82, 2.24) is 4.90 Å². The summed E-state index contributed by atoms with van der Waals surface area (Å²) in [7, 11) is 1.66. The molecule has 0 radical (unpaired) electrons. The van der Waals surface area contributed by atoms with Gasteiger partial charge in [0.15, 0.2) is 0 Å². The Labute approximate surface area is 78.5 Å². The van der Waals surface area contributed by atoms with Crippen LogP contribution in [-0.2, 0) is 9.53 Å². The Balaban J connectivity index is 2.41. The highest BCUT2D eigenvalue weighted by Gasteiger charge is 2.23. The first-order chi connectivity index (χ1) is 6.24. The Morgan fingerprint density at radius 2 is 2.38 bits per heavy atom. The third kappa shape index (κ3) is 3.32. The molecule has 1 saturated heterocycles. The van der Waals surface area contributed by atoms with Crippen molar-refractivity contribution in [2.24, 2.45) is 0 Å². The second-order valence-corrected chi connectivity index (χ2v) is 3.47. The summed E-state index contributed by atoms with van der Waals surface area (Å²) in [6, 6.07) is 0.301. The fourth-order valence-electron chi connectivity index (χ4n) is 1.82. The Morgan fingerprint density at radius 3 is 3.00 bits per heavy atom. The molecule has 1 rings (SSSR count). The van der Waals surface area contributed by atoms with Crippen molar-refractivity contribution in [3.8, 4) is 0 Å². The summed E-state index contributed by atoms with van der Waals surface area (Å²) in [6.45, 7) is 1.68. The van der Waals surface area contributed by atoms with E-state index in [1.807, 2.05) is 4.90 Å². The summed E-state index contributed by atoms with van der Waals surface area (Å²) in [4.78, 5) is 12.5. The number of hydrogen-bond donors (Lipinski definition) is 1. The number of rotatable bonds is 4. The maximum atomic E-state index is 10.5. The molecule has 13 heavy (non-hydrogen) atoms. The average Bonchev–Trinajstić information content (AvgIpc) is 2.08. The lowest BCUT2D eigenvalue weighted by molar-refractivity contribution is -0.139. The van der Waals surface area contributed by atoms with Gasteiger partial charge in [-0.25, -0.2) is 0 Å². The first-order valence-corrected chi connectivity index (χ1v) is 4.69. The standard InChI is InChI=1S/C9H17NO3/c1-13-7-8-4-2-3-5-10(8)6-9(11)12/h8H,2-7H2,1H3,(H,11,12)/t8-/m0/s1. The number of piperidine rings is 1. The van der Waals surface area contributed by atoms with Crippen molar-refractivity contribution in [1.29, 1.82) is 0 Å². The highest BCUT2D eigenvalue weighted by molar-refractivity contribution is 5.69. The van der Waals surface area contributed by atoms with Gasteiger partial charge in [-0.1, -0.05) is 6.42 Å². The summed E-state index contributed by atoms with van der Waals surface area (Å²) < 4.78 is 5.06. The fourth-order valence-corrected chi connectivity index (χ4v) is 1.82. The van der Waals surface area contributed by atoms with Crippen molar-refractivity contribution in [3.63, 3.8) is 0 Å². The first kappa shape index (κ1) is 10.5. The highest BCUT2D eigenvalue weighted by atomic mass is 16.5. The zero-order valence-electron chi connectivity index (χ0n) is 8.03. The number of methoxy groups -OCH3 is 1. The van der Waals surface area contributed by atoms with Gasteiger partial charge in [0, 0.05) is 13.2 Å². The van der Waals surface area contributed by atoms with Gasteiger partial charge in [0.25, 0.3) is 0 Å². The third-order valence-electron chi connectivity index (χ3n) is 2.45. The predicted molar refractivity (Wildman–Crippen MR) is 48.7 cm³/mol. The number of likely N-dealkylation sites (tertiary alicyclic amines) is 1. The molecule has 1 aliphatic rings. The number of ether oxygens (including phenoxy) is 1. The Hall–Kier alpha value is -0.610. The van der Waals surface area contributed by atoms with Crippen LogP contribution in [0.5, 0.6) is 0 Å². The van der Waals surface area contributed by atoms with E-state index in [1.165, 1.54) is 6.42 Å². The predicted octanol–water partition coefficient (Wildman–Crippen LogP) is 0.572. The van der Waals surface area contributed by atoms with Crippen LogP contribution in [-0.4, -0.2) is 48.8 Å². The molecule has 4 heteroatoms. The molecule has 0 aromatic heterocycles. The van der Waals surface area contributed by atoms with Crippen LogP contribution < -0.4 is 0 Å². The number of nitrogens with zero attached hydrogens (tertiary/aromatic N) is 1. The summed E-state index contributed by atoms with van der Waals surface area (Å²) in [6.07, 6.45) is 3.35. The molecule has 1 N–H and O–H groups in total. The van der Waals surface area contributed by atoms with Gasteiger partial charge in [-0.05, 0) is 19.4 Å². The number of carboxylic acid groups (broad SMARTS) is 1. The van der Waals surface area contributed by atoms with Gasteiger partial charge in [0.05, 0.1) is 13.2 Å². The van der Waals surface area contributed by atoms with E-state index in [0.29, 0.717) is 12.6 Å². The Bertz CT molecular complexity index is 170. The maximum absolute atomic E-state index is 10.5. The SMILES string of the molecule is COC[C@@H]1CCCCN1CC(=O)O. The highest BCUT2D eigenvalue weighted by Crippen LogP contribution is 2.16. The summed E-state index contributed by atoms with van der Waals surface area (Å²) in [5.41, 5.74) is 0. The molecule has 0 aliphatic carbocycles. The largest absolute Gasteiger partial charge is 0.480 e. The van der Waals surface area contributed by atoms with Gasteiger partial charge < -0.3 is 9.84 Å². The topological polar surface area (TPSA) is 49.8 Å². The van der Waals surface area contributed by atoms with Crippen molar-refractivity contribution >= 4 is 5.97 Å². The molecule has 4 nitrogen and oxygen atoms in total. The monoisotopic (exact) mass is 187 g/mol. The summed E-state index contributed by atoms with van der Waals surface area (Å²) in [5, 5.41) is 8.67. The average molecular weight is 187 g/mol. The minimum absolute atomic E-state index is 0.147. The van der Waals surface area contributed by atoms with Gasteiger partial charge in [0.1, 0.15) is 0 Å². The van der Waals surface area contributed by atoms with Crippen LogP contribution in [0.1, 0.15) is 19.3 Å². The van der Waals surface area contributed by atoms with Crippen LogP contribution in [0.15, 0.2) is 0 Å². The summed E-state index contributed by atoms with van der Waals surface area (Å²) in [5.74, 6) is -0.747. The fraction of sp³-hybridized carbons (Fsp3) is 0.889. The van der Waals surface area contributed by atoms with Crippen LogP contribution in [0, 0.1) is 0 Å². The second kappa shape index (κ2) is 5.19. The molecule has 1 aliphatic heterocycles. The Kier molecular flexibility index (Phi) is 4.18. The molecule has 0 unspecified atom stereocenters. The van der Waals surface area contributed by atoms with E-state index in [-0.39, 0.29) is 6.54 Å². The molecule has 1 atom stereocenters. The molecule has 1 fully saturated rings. The van der Waals surface area contributed by atoms with Crippen molar-refractivity contribution in [2.45, 2.75) is 25.3 Å². The molecular formula is C9H17NO3. The van der Waals surface area contributed by atoms with E-state index >= 15 is 0 Å². The lowest BCUT2D eigenvalue weighted by Gasteiger charge is -2.33. The van der Waals surface area contributed by atoms with E-state index < -0.39 is 5.97 Å². The van der Waals surface area contributed by atoms with Gasteiger partial charge in [-0.3, -0.25) is 9.69 Å². The van der Waals surface area contributed by atoms with Gasteiger partial charge in [0.2, 0.25) is 0 Å². The van der Waals surface area contributed by atoms with Crippen LogP contribution in [0.4, 0.5) is 0 Å². The molecule has 0 saturated carbocycles. The smallest absolute Gasteiger partial charge is 0.317 e. The molecule has 0 aromatic carbocycles. The molecule has 0 bridgehead atoms. The quantitative estimate of drug-likeness (QED) is 0.699. The minimum Gasteiger partial charge on any atom is -0.480 e. The Morgan fingerprint density at radius 1 is 1.62 bits per heavy atom. The van der Waals surface area contributed by atoms with E-state index in [2.05, 4.69) is 0 Å². The number of carbonyl (C=O) groups is 1. The van der Waals surface area contributed by atoms with Crippen LogP contribution in [0.2, 0.25) is 0 Å². The zero-order valence-corrected chi connectivity index (χ0v) is 8.03. The van der Waals surface area contributed by atoms with Gasteiger partial charge in [-0.15, -0.1) is 0 Å². The van der Waals surface area contributed by atoms with E-state index in [9.17, 15) is 4.79 Å². The molecule has 0 aromatic rings. The van der Waals surface area contributed by atoms with Crippen molar-refractivity contribution in [2.75, 3.05) is 26.8 Å². The summed E-state index contributed by atoms with van der Waals surface area (Å²) >= 11 is 0. The lowest BCUT2D eigenvalue weighted by atomic mass is 10.0. The van der Waals surface area contributed by atoms with E-state index in [1.54, 1.807) is 7.11 Å². The van der Waals surface area contributed by atoms with E-state index in [4.69, 9.17) is 9.84 Å². The molecular weight excluding hydrogens is 170 g/mol. The molecule has 0 spiro atoms. The van der Waals surface area contributed by atoms with Crippen molar-refractivity contribution in [3.05, 3.63) is 0 Å². The maximum Gasteiger partial charge on any atom is 0.317 e. The number of hydrogen-bond acceptors (Lipinski definition) is 3. The van der Waals surface area contributed by atoms with Crippen LogP contribution in [0.25, 0.3) is 0 Å². The molecule has 76 valence electrons. The third-order valence-corrected chi connectivity index (χ3v) is 2.45. The molecule has 1 heterocycles. The molecule has 0 amide bonds. The normalized spacial score (nSPS) is 24.5. The van der Waals surface area contributed by atoms with Crippen LogP contribution >= 0.6 is 0 Å². The lowest BCUT2D eigenvalue weighted by Crippen LogP contribution is -2.44.